The number of rotatable bonds is 1. The highest BCUT2D eigenvalue weighted by atomic mass is 35.5. The molecule has 0 unspecified atom stereocenters. The first-order valence-electron chi connectivity index (χ1n) is 5.64. The summed E-state index contributed by atoms with van der Waals surface area (Å²) in [6, 6.07) is 12.9. The summed E-state index contributed by atoms with van der Waals surface area (Å²) in [5.41, 5.74) is 1.43. The molecule has 0 spiro atoms. The number of Topliss-reactive ketones (excluding diaryl/α,β-unsaturated/α-hetero) is 1. The second kappa shape index (κ2) is 5.04. The van der Waals surface area contributed by atoms with Crippen LogP contribution in [0.3, 0.4) is 0 Å². The lowest BCUT2D eigenvalue weighted by Gasteiger charge is -2.02. The quantitative estimate of drug-likeness (QED) is 0.663. The molecule has 1 nitrogen and oxygen atoms in total. The summed E-state index contributed by atoms with van der Waals surface area (Å²) in [6.45, 7) is 0. The number of allylic oxidation sites excluding steroid dienone is 1. The average Bonchev–Trinajstić information content (AvgIpc) is 2.72. The lowest BCUT2D eigenvalue weighted by atomic mass is 10.1. The summed E-state index contributed by atoms with van der Waals surface area (Å²) in [5, 5.41) is 1.09. The maximum atomic E-state index is 12.2. The van der Waals surface area contributed by atoms with Crippen LogP contribution in [0.4, 0.5) is 0 Å². The van der Waals surface area contributed by atoms with Crippen molar-refractivity contribution < 1.29 is 4.79 Å². The normalized spacial score (nSPS) is 15.9. The van der Waals surface area contributed by atoms with E-state index in [0.29, 0.717) is 20.5 Å². The van der Waals surface area contributed by atoms with Crippen molar-refractivity contribution in [3.63, 3.8) is 0 Å². The third-order valence-electron chi connectivity index (χ3n) is 2.85. The standard InChI is InChI=1S/C15H8Cl2OS/c16-11-5-3-6-12(17)10(11)8-14-15(18)9-4-1-2-7-13(9)19-14/h1-8H. The van der Waals surface area contributed by atoms with Crippen LogP contribution < -0.4 is 0 Å². The van der Waals surface area contributed by atoms with Gasteiger partial charge in [0, 0.05) is 26.1 Å². The van der Waals surface area contributed by atoms with Crippen LogP contribution in [0.25, 0.3) is 6.08 Å². The molecule has 0 saturated carbocycles. The number of carbonyl (C=O) groups is 1. The molecule has 19 heavy (non-hydrogen) atoms. The number of carbonyl (C=O) groups excluding carboxylic acids is 1. The van der Waals surface area contributed by atoms with Gasteiger partial charge >= 0.3 is 0 Å². The molecule has 2 aromatic carbocycles. The van der Waals surface area contributed by atoms with E-state index in [4.69, 9.17) is 23.2 Å². The Kier molecular flexibility index (Phi) is 3.40. The van der Waals surface area contributed by atoms with Crippen LogP contribution in [-0.4, -0.2) is 5.78 Å². The van der Waals surface area contributed by atoms with Crippen molar-refractivity contribution in [3.8, 4) is 0 Å². The van der Waals surface area contributed by atoms with Gasteiger partial charge in [0.05, 0.1) is 4.91 Å². The van der Waals surface area contributed by atoms with Gasteiger partial charge in [-0.1, -0.05) is 53.2 Å². The summed E-state index contributed by atoms with van der Waals surface area (Å²) in [6.07, 6.45) is 1.76. The van der Waals surface area contributed by atoms with Gasteiger partial charge in [-0.15, -0.1) is 0 Å². The summed E-state index contributed by atoms with van der Waals surface area (Å²) in [5.74, 6) is 0.0246. The lowest BCUT2D eigenvalue weighted by Crippen LogP contribution is -1.93. The van der Waals surface area contributed by atoms with Crippen molar-refractivity contribution in [3.05, 3.63) is 68.5 Å². The Morgan fingerprint density at radius 2 is 1.63 bits per heavy atom. The van der Waals surface area contributed by atoms with Crippen LogP contribution in [0.1, 0.15) is 15.9 Å². The molecule has 1 aliphatic heterocycles. The first-order valence-corrected chi connectivity index (χ1v) is 7.21. The molecule has 0 fully saturated rings. The predicted octanol–water partition coefficient (Wildman–Crippen LogP) is 5.32. The van der Waals surface area contributed by atoms with Gasteiger partial charge in [-0.2, -0.15) is 0 Å². The van der Waals surface area contributed by atoms with E-state index >= 15 is 0 Å². The van der Waals surface area contributed by atoms with Crippen LogP contribution in [0.15, 0.2) is 52.3 Å². The molecular formula is C15H8Cl2OS. The summed E-state index contributed by atoms with van der Waals surface area (Å²) < 4.78 is 0. The lowest BCUT2D eigenvalue weighted by molar-refractivity contribution is 0.104. The number of fused-ring (bicyclic) bond motifs is 1. The van der Waals surface area contributed by atoms with Crippen LogP contribution in [0.5, 0.6) is 0 Å². The number of ketones is 1. The zero-order valence-corrected chi connectivity index (χ0v) is 12.0. The van der Waals surface area contributed by atoms with Crippen molar-refractivity contribution >= 4 is 46.8 Å². The third-order valence-corrected chi connectivity index (χ3v) is 4.61. The maximum absolute atomic E-state index is 12.2. The summed E-state index contributed by atoms with van der Waals surface area (Å²) >= 11 is 13.7. The predicted molar refractivity (Wildman–Crippen MR) is 81.1 cm³/mol. The molecule has 0 atom stereocenters. The average molecular weight is 307 g/mol. The van der Waals surface area contributed by atoms with Gasteiger partial charge in [-0.3, -0.25) is 4.79 Å². The number of halogens is 2. The molecule has 0 saturated heterocycles. The molecule has 0 aliphatic carbocycles. The van der Waals surface area contributed by atoms with Crippen molar-refractivity contribution in [1.29, 1.82) is 0 Å². The van der Waals surface area contributed by atoms with Crippen molar-refractivity contribution in [1.82, 2.24) is 0 Å². The molecule has 1 aliphatic rings. The Bertz CT molecular complexity index is 687. The van der Waals surface area contributed by atoms with Gasteiger partial charge in [0.2, 0.25) is 5.78 Å². The molecule has 0 bridgehead atoms. The largest absolute Gasteiger partial charge is 0.288 e. The number of hydrogen-bond acceptors (Lipinski definition) is 2. The maximum Gasteiger partial charge on any atom is 0.200 e. The second-order valence-corrected chi connectivity index (χ2v) is 5.97. The summed E-state index contributed by atoms with van der Waals surface area (Å²) in [4.78, 5) is 13.9. The van der Waals surface area contributed by atoms with E-state index in [2.05, 4.69) is 0 Å². The SMILES string of the molecule is O=C1C(=Cc2c(Cl)cccc2Cl)Sc2ccccc21. The molecule has 0 N–H and O–H groups in total. The van der Waals surface area contributed by atoms with E-state index in [1.54, 1.807) is 24.3 Å². The Morgan fingerprint density at radius 1 is 0.947 bits per heavy atom. The zero-order chi connectivity index (χ0) is 13.4. The fraction of sp³-hybridized carbons (Fsp3) is 0. The van der Waals surface area contributed by atoms with E-state index in [9.17, 15) is 4.79 Å². The van der Waals surface area contributed by atoms with Gasteiger partial charge < -0.3 is 0 Å². The van der Waals surface area contributed by atoms with Gasteiger partial charge in [0.15, 0.2) is 0 Å². The molecule has 2 aromatic rings. The minimum Gasteiger partial charge on any atom is -0.288 e. The first kappa shape index (κ1) is 12.8. The van der Waals surface area contributed by atoms with E-state index in [-0.39, 0.29) is 5.78 Å². The van der Waals surface area contributed by atoms with Gasteiger partial charge in [0.1, 0.15) is 0 Å². The van der Waals surface area contributed by atoms with Gasteiger partial charge in [-0.05, 0) is 30.3 Å². The Labute approximate surface area is 125 Å². The van der Waals surface area contributed by atoms with Crippen LogP contribution in [-0.2, 0) is 0 Å². The molecular weight excluding hydrogens is 299 g/mol. The smallest absolute Gasteiger partial charge is 0.200 e. The fourth-order valence-electron chi connectivity index (χ4n) is 1.92. The highest BCUT2D eigenvalue weighted by molar-refractivity contribution is 8.04. The monoisotopic (exact) mass is 306 g/mol. The number of thioether (sulfide) groups is 1. The first-order chi connectivity index (χ1) is 9.16. The highest BCUT2D eigenvalue weighted by Crippen LogP contribution is 2.41. The molecule has 0 aromatic heterocycles. The fourth-order valence-corrected chi connectivity index (χ4v) is 3.46. The zero-order valence-electron chi connectivity index (χ0n) is 9.69. The van der Waals surface area contributed by atoms with Gasteiger partial charge in [0.25, 0.3) is 0 Å². The Hall–Kier alpha value is -1.22. The molecule has 0 radical (unpaired) electrons. The van der Waals surface area contributed by atoms with Crippen molar-refractivity contribution in [2.45, 2.75) is 4.90 Å². The Morgan fingerprint density at radius 3 is 2.32 bits per heavy atom. The van der Waals surface area contributed by atoms with Crippen LogP contribution in [0.2, 0.25) is 10.0 Å². The topological polar surface area (TPSA) is 17.1 Å². The van der Waals surface area contributed by atoms with Crippen LogP contribution in [0, 0.1) is 0 Å². The highest BCUT2D eigenvalue weighted by Gasteiger charge is 2.25. The second-order valence-electron chi connectivity index (χ2n) is 4.07. The molecule has 1 heterocycles. The minimum atomic E-state index is 0.0246. The van der Waals surface area contributed by atoms with Crippen LogP contribution >= 0.6 is 35.0 Å². The van der Waals surface area contributed by atoms with E-state index in [1.165, 1.54) is 11.8 Å². The minimum absolute atomic E-state index is 0.0246. The summed E-state index contributed by atoms with van der Waals surface area (Å²) in [7, 11) is 0. The van der Waals surface area contributed by atoms with E-state index < -0.39 is 0 Å². The van der Waals surface area contributed by atoms with E-state index in [0.717, 1.165) is 10.5 Å². The Balaban J connectivity index is 2.06. The van der Waals surface area contributed by atoms with Gasteiger partial charge in [-0.25, -0.2) is 0 Å². The third kappa shape index (κ3) is 2.32. The molecule has 3 rings (SSSR count). The van der Waals surface area contributed by atoms with Crippen molar-refractivity contribution in [2.24, 2.45) is 0 Å². The number of benzene rings is 2. The number of hydrogen-bond donors (Lipinski definition) is 0. The molecule has 94 valence electrons. The van der Waals surface area contributed by atoms with Crippen molar-refractivity contribution in [2.75, 3.05) is 0 Å². The molecule has 0 amide bonds. The molecule has 4 heteroatoms. The van der Waals surface area contributed by atoms with E-state index in [1.807, 2.05) is 24.3 Å².